The second-order valence-electron chi connectivity index (χ2n) is 3.88. The summed E-state index contributed by atoms with van der Waals surface area (Å²) in [4.78, 5) is 19.8. The maximum atomic E-state index is 11.6. The molecule has 0 amide bonds. The topological polar surface area (TPSA) is 42.9 Å². The predicted molar refractivity (Wildman–Crippen MR) is 69.6 cm³/mol. The monoisotopic (exact) mass is 228 g/mol. The van der Waals surface area contributed by atoms with E-state index in [0.29, 0.717) is 0 Å². The lowest BCUT2D eigenvalue weighted by molar-refractivity contribution is 0.0929. The van der Waals surface area contributed by atoms with E-state index < -0.39 is 0 Å². The molecule has 17 heavy (non-hydrogen) atoms. The van der Waals surface area contributed by atoms with Crippen LogP contribution in [0.1, 0.15) is 30.0 Å². The molecule has 0 bridgehead atoms. The zero-order valence-electron chi connectivity index (χ0n) is 10.2. The lowest BCUT2D eigenvalue weighted by atomic mass is 10.1. The summed E-state index contributed by atoms with van der Waals surface area (Å²) in [7, 11) is 0. The highest BCUT2D eigenvalue weighted by atomic mass is 16.1. The Morgan fingerprint density at radius 1 is 1.29 bits per heavy atom. The summed E-state index contributed by atoms with van der Waals surface area (Å²) in [6, 6.07) is 0. The fourth-order valence-corrected chi connectivity index (χ4v) is 1.27. The summed E-state index contributed by atoms with van der Waals surface area (Å²) in [5.41, 5.74) is 1.70. The zero-order valence-corrected chi connectivity index (χ0v) is 10.2. The van der Waals surface area contributed by atoms with Gasteiger partial charge in [0.25, 0.3) is 0 Å². The van der Waals surface area contributed by atoms with E-state index in [1.54, 1.807) is 24.5 Å². The Hall–Kier alpha value is -2.03. The minimum atomic E-state index is -0.0940. The van der Waals surface area contributed by atoms with Crippen LogP contribution in [0.25, 0.3) is 5.57 Å². The molecule has 0 atom stereocenters. The Labute approximate surface area is 102 Å². The number of rotatable bonds is 5. The highest BCUT2D eigenvalue weighted by Crippen LogP contribution is 2.14. The van der Waals surface area contributed by atoms with Gasteiger partial charge in [0, 0.05) is 23.9 Å². The van der Waals surface area contributed by atoms with Crippen molar-refractivity contribution in [2.45, 2.75) is 13.8 Å². The van der Waals surface area contributed by atoms with Gasteiger partial charge in [0.15, 0.2) is 5.82 Å². The first-order chi connectivity index (χ1) is 8.10. The van der Waals surface area contributed by atoms with Gasteiger partial charge in [-0.15, -0.1) is 0 Å². The summed E-state index contributed by atoms with van der Waals surface area (Å²) < 4.78 is 0. The molecule has 1 rings (SSSR count). The van der Waals surface area contributed by atoms with Crippen LogP contribution in [-0.2, 0) is 0 Å². The Kier molecular flexibility index (Phi) is 4.52. The number of carbonyl (C=O) groups is 1. The van der Waals surface area contributed by atoms with Crippen LogP contribution in [0.5, 0.6) is 0 Å². The average molecular weight is 228 g/mol. The lowest BCUT2D eigenvalue weighted by Gasteiger charge is -2.04. The van der Waals surface area contributed by atoms with Crippen LogP contribution in [0.2, 0.25) is 0 Å². The number of allylic oxidation sites excluding steroid dienone is 4. The fraction of sp³-hybridized carbons (Fsp3) is 0.214. The molecule has 0 spiro atoms. The fourth-order valence-electron chi connectivity index (χ4n) is 1.27. The van der Waals surface area contributed by atoms with Crippen LogP contribution in [0.4, 0.5) is 0 Å². The Morgan fingerprint density at radius 2 is 1.88 bits per heavy atom. The van der Waals surface area contributed by atoms with Gasteiger partial charge < -0.3 is 0 Å². The molecule has 0 aliphatic rings. The van der Waals surface area contributed by atoms with Gasteiger partial charge in [0.2, 0.25) is 5.78 Å². The largest absolute Gasteiger partial charge is 0.290 e. The third kappa shape index (κ3) is 3.21. The normalized spacial score (nSPS) is 11.4. The molecule has 0 radical (unpaired) electrons. The molecule has 0 aromatic carbocycles. The standard InChI is InChI=1S/C14H16N2O/c1-5-7-11(6-2)12-8-15-14(16-9-12)13(17)10(3)4/h5-10H,1-2H2,3-4H3/b11-7+. The molecule has 3 nitrogen and oxygen atoms in total. The van der Waals surface area contributed by atoms with Crippen molar-refractivity contribution < 1.29 is 4.79 Å². The van der Waals surface area contributed by atoms with Gasteiger partial charge in [0.1, 0.15) is 0 Å². The second kappa shape index (κ2) is 5.89. The number of nitrogens with zero attached hydrogens (tertiary/aromatic N) is 2. The molecule has 0 aliphatic heterocycles. The van der Waals surface area contributed by atoms with Crippen LogP contribution in [-0.4, -0.2) is 15.8 Å². The number of hydrogen-bond donors (Lipinski definition) is 0. The predicted octanol–water partition coefficient (Wildman–Crippen LogP) is 3.07. The van der Waals surface area contributed by atoms with Gasteiger partial charge in [0.05, 0.1) is 0 Å². The maximum absolute atomic E-state index is 11.6. The number of carbonyl (C=O) groups excluding carboxylic acids is 1. The molecule has 0 aliphatic carbocycles. The molecule has 1 aromatic heterocycles. The smallest absolute Gasteiger partial charge is 0.202 e. The molecule has 88 valence electrons. The third-order valence-electron chi connectivity index (χ3n) is 2.25. The van der Waals surface area contributed by atoms with Crippen molar-refractivity contribution >= 4 is 11.4 Å². The van der Waals surface area contributed by atoms with Gasteiger partial charge in [-0.1, -0.05) is 45.2 Å². The molecular formula is C14H16N2O. The third-order valence-corrected chi connectivity index (χ3v) is 2.25. The number of ketones is 1. The van der Waals surface area contributed by atoms with Crippen molar-refractivity contribution in [2.24, 2.45) is 5.92 Å². The first-order valence-corrected chi connectivity index (χ1v) is 5.42. The number of aromatic nitrogens is 2. The first kappa shape index (κ1) is 13.0. The first-order valence-electron chi connectivity index (χ1n) is 5.42. The lowest BCUT2D eigenvalue weighted by Crippen LogP contribution is -2.11. The van der Waals surface area contributed by atoms with Crippen LogP contribution < -0.4 is 0 Å². The summed E-state index contributed by atoms with van der Waals surface area (Å²) >= 11 is 0. The summed E-state index contributed by atoms with van der Waals surface area (Å²) in [6.07, 6.45) is 8.43. The van der Waals surface area contributed by atoms with E-state index >= 15 is 0 Å². The Balaban J connectivity index is 3.03. The second-order valence-corrected chi connectivity index (χ2v) is 3.88. The minimum absolute atomic E-state index is 0.0515. The summed E-state index contributed by atoms with van der Waals surface area (Å²) in [6.45, 7) is 11.0. The summed E-state index contributed by atoms with van der Waals surface area (Å²) in [5.74, 6) is 0.110. The molecule has 1 heterocycles. The van der Waals surface area contributed by atoms with Crippen molar-refractivity contribution in [3.05, 3.63) is 55.2 Å². The maximum Gasteiger partial charge on any atom is 0.202 e. The quantitative estimate of drug-likeness (QED) is 0.574. The molecule has 3 heteroatoms. The Morgan fingerprint density at radius 3 is 2.29 bits per heavy atom. The molecule has 0 saturated carbocycles. The average Bonchev–Trinajstić information content (AvgIpc) is 2.35. The van der Waals surface area contributed by atoms with Gasteiger partial charge in [-0.05, 0) is 5.57 Å². The van der Waals surface area contributed by atoms with Crippen LogP contribution in [0.15, 0.2) is 43.8 Å². The van der Waals surface area contributed by atoms with Crippen LogP contribution in [0, 0.1) is 5.92 Å². The van der Waals surface area contributed by atoms with Gasteiger partial charge in [-0.3, -0.25) is 4.79 Å². The number of Topliss-reactive ketones (excluding diaryl/α,β-unsaturated/α-hetero) is 1. The van der Waals surface area contributed by atoms with Crippen molar-refractivity contribution in [3.8, 4) is 0 Å². The number of hydrogen-bond acceptors (Lipinski definition) is 3. The SMILES string of the molecule is C=C/C=C(\C=C)c1cnc(C(=O)C(C)C)nc1. The van der Waals surface area contributed by atoms with E-state index in [1.165, 1.54) is 0 Å². The van der Waals surface area contributed by atoms with E-state index in [4.69, 9.17) is 0 Å². The van der Waals surface area contributed by atoms with E-state index in [0.717, 1.165) is 11.1 Å². The van der Waals surface area contributed by atoms with E-state index in [-0.39, 0.29) is 17.5 Å². The van der Waals surface area contributed by atoms with Crippen LogP contribution >= 0.6 is 0 Å². The van der Waals surface area contributed by atoms with Crippen molar-refractivity contribution in [1.29, 1.82) is 0 Å². The highest BCUT2D eigenvalue weighted by Gasteiger charge is 2.13. The van der Waals surface area contributed by atoms with Crippen LogP contribution in [0.3, 0.4) is 0 Å². The molecule has 0 saturated heterocycles. The van der Waals surface area contributed by atoms with Gasteiger partial charge in [-0.25, -0.2) is 9.97 Å². The molecular weight excluding hydrogens is 212 g/mol. The van der Waals surface area contributed by atoms with E-state index in [1.807, 2.05) is 19.9 Å². The Bertz CT molecular complexity index is 456. The molecule has 1 aromatic rings. The summed E-state index contributed by atoms with van der Waals surface area (Å²) in [5, 5.41) is 0. The molecule has 0 fully saturated rings. The van der Waals surface area contributed by atoms with Crippen molar-refractivity contribution in [1.82, 2.24) is 9.97 Å². The highest BCUT2D eigenvalue weighted by molar-refractivity contribution is 5.94. The van der Waals surface area contributed by atoms with Crippen molar-refractivity contribution in [3.63, 3.8) is 0 Å². The van der Waals surface area contributed by atoms with E-state index in [9.17, 15) is 4.79 Å². The van der Waals surface area contributed by atoms with Crippen molar-refractivity contribution in [2.75, 3.05) is 0 Å². The molecule has 0 unspecified atom stereocenters. The minimum Gasteiger partial charge on any atom is -0.290 e. The van der Waals surface area contributed by atoms with E-state index in [2.05, 4.69) is 23.1 Å². The van der Waals surface area contributed by atoms with Gasteiger partial charge in [-0.2, -0.15) is 0 Å². The zero-order chi connectivity index (χ0) is 12.8. The molecule has 0 N–H and O–H groups in total. The van der Waals surface area contributed by atoms with Gasteiger partial charge >= 0.3 is 0 Å².